The molecule has 2 rings (SSSR count). The van der Waals surface area contributed by atoms with Crippen molar-refractivity contribution in [2.45, 2.75) is 26.0 Å². The Labute approximate surface area is 100 Å². The summed E-state index contributed by atoms with van der Waals surface area (Å²) in [5.74, 6) is 0.942. The molecule has 0 bridgehead atoms. The van der Waals surface area contributed by atoms with Crippen molar-refractivity contribution < 1.29 is 13.5 Å². The second-order valence-corrected chi connectivity index (χ2v) is 6.50. The summed E-state index contributed by atoms with van der Waals surface area (Å²) in [5, 5.41) is 12.6. The van der Waals surface area contributed by atoms with E-state index in [1.165, 1.54) is 0 Å². The third kappa shape index (κ3) is 2.73. The lowest BCUT2D eigenvalue weighted by Gasteiger charge is -2.17. The van der Waals surface area contributed by atoms with Crippen molar-refractivity contribution in [3.05, 3.63) is 17.6 Å². The molecule has 0 aliphatic carbocycles. The molecule has 1 aromatic rings. The summed E-state index contributed by atoms with van der Waals surface area (Å²) < 4.78 is 22.7. The van der Waals surface area contributed by atoms with Gasteiger partial charge in [0.15, 0.2) is 9.84 Å². The van der Waals surface area contributed by atoms with E-state index in [9.17, 15) is 13.5 Å². The molecule has 0 unspecified atom stereocenters. The van der Waals surface area contributed by atoms with Gasteiger partial charge in [-0.25, -0.2) is 18.4 Å². The number of aliphatic hydroxyl groups excluding tert-OH is 1. The number of rotatable bonds is 2. The Kier molecular flexibility index (Phi) is 3.05. The summed E-state index contributed by atoms with van der Waals surface area (Å²) in [6, 6.07) is -0.493. The number of hydrogen-bond donors (Lipinski definition) is 2. The maximum atomic E-state index is 11.4. The molecule has 1 aliphatic heterocycles. The number of nitrogens with one attached hydrogen (secondary N) is 1. The third-order valence-corrected chi connectivity index (χ3v) is 4.45. The van der Waals surface area contributed by atoms with E-state index in [0.717, 1.165) is 5.56 Å². The summed E-state index contributed by atoms with van der Waals surface area (Å²) in [4.78, 5) is 8.22. The smallest absolute Gasteiger partial charge is 0.155 e. The largest absolute Gasteiger partial charge is 0.390 e. The highest BCUT2D eigenvalue weighted by molar-refractivity contribution is 7.91. The molecule has 2 N–H and O–H groups in total. The molecule has 2 heterocycles. The summed E-state index contributed by atoms with van der Waals surface area (Å²) in [7, 11) is -3.14. The predicted octanol–water partition coefficient (Wildman–Crippen LogP) is -0.337. The lowest BCUT2D eigenvalue weighted by molar-refractivity contribution is 0.190. The van der Waals surface area contributed by atoms with Crippen LogP contribution in [0.1, 0.15) is 11.4 Å². The fourth-order valence-corrected chi connectivity index (χ4v) is 3.56. The molecule has 1 saturated heterocycles. The average Bonchev–Trinajstić information content (AvgIpc) is 2.46. The van der Waals surface area contributed by atoms with E-state index < -0.39 is 22.0 Å². The van der Waals surface area contributed by atoms with Crippen molar-refractivity contribution in [1.82, 2.24) is 9.97 Å². The second kappa shape index (κ2) is 4.23. The molecule has 1 aliphatic rings. The van der Waals surface area contributed by atoms with E-state index >= 15 is 0 Å². The third-order valence-electron chi connectivity index (χ3n) is 2.74. The van der Waals surface area contributed by atoms with Crippen LogP contribution in [0.15, 0.2) is 6.20 Å². The predicted molar refractivity (Wildman–Crippen MR) is 63.6 cm³/mol. The first-order valence-electron chi connectivity index (χ1n) is 5.33. The minimum absolute atomic E-state index is 0.0589. The van der Waals surface area contributed by atoms with Crippen LogP contribution in [0, 0.1) is 13.8 Å². The molecule has 1 aromatic heterocycles. The monoisotopic (exact) mass is 257 g/mol. The van der Waals surface area contributed by atoms with Crippen LogP contribution in [-0.4, -0.2) is 47.1 Å². The van der Waals surface area contributed by atoms with Gasteiger partial charge in [-0.2, -0.15) is 0 Å². The van der Waals surface area contributed by atoms with Crippen LogP contribution in [0.3, 0.4) is 0 Å². The molecule has 17 heavy (non-hydrogen) atoms. The molecular formula is C10H15N3O3S. The van der Waals surface area contributed by atoms with Crippen LogP contribution in [-0.2, 0) is 9.84 Å². The maximum absolute atomic E-state index is 11.4. The van der Waals surface area contributed by atoms with Crippen molar-refractivity contribution in [2.24, 2.45) is 0 Å². The Balaban J connectivity index is 2.19. The van der Waals surface area contributed by atoms with E-state index in [4.69, 9.17) is 0 Å². The van der Waals surface area contributed by atoms with Gasteiger partial charge in [0.1, 0.15) is 11.6 Å². The fourth-order valence-electron chi connectivity index (χ4n) is 1.82. The van der Waals surface area contributed by atoms with Crippen molar-refractivity contribution in [2.75, 3.05) is 16.8 Å². The number of hydrogen-bond acceptors (Lipinski definition) is 6. The van der Waals surface area contributed by atoms with E-state index in [1.54, 1.807) is 13.1 Å². The van der Waals surface area contributed by atoms with Crippen LogP contribution in [0.2, 0.25) is 0 Å². The molecule has 0 spiro atoms. The number of aromatic nitrogens is 2. The molecule has 0 radical (unpaired) electrons. The van der Waals surface area contributed by atoms with Crippen molar-refractivity contribution in [3.8, 4) is 0 Å². The summed E-state index contributed by atoms with van der Waals surface area (Å²) in [6.45, 7) is 3.59. The lowest BCUT2D eigenvalue weighted by Crippen LogP contribution is -2.32. The Morgan fingerprint density at radius 2 is 2.12 bits per heavy atom. The Morgan fingerprint density at radius 1 is 1.41 bits per heavy atom. The molecule has 0 saturated carbocycles. The van der Waals surface area contributed by atoms with Crippen LogP contribution >= 0.6 is 0 Å². The normalized spacial score (nSPS) is 27.0. The number of nitrogens with zero attached hydrogens (tertiary/aromatic N) is 2. The van der Waals surface area contributed by atoms with Gasteiger partial charge >= 0.3 is 0 Å². The first-order chi connectivity index (χ1) is 7.87. The van der Waals surface area contributed by atoms with E-state index in [0.29, 0.717) is 11.6 Å². The molecule has 1 fully saturated rings. The fraction of sp³-hybridized carbons (Fsp3) is 0.600. The topological polar surface area (TPSA) is 92.2 Å². The molecule has 2 atom stereocenters. The number of anilines is 1. The van der Waals surface area contributed by atoms with Gasteiger partial charge in [0.25, 0.3) is 0 Å². The average molecular weight is 257 g/mol. The Morgan fingerprint density at radius 3 is 2.71 bits per heavy atom. The minimum atomic E-state index is -3.14. The van der Waals surface area contributed by atoms with Gasteiger partial charge in [0.2, 0.25) is 0 Å². The van der Waals surface area contributed by atoms with Crippen LogP contribution in [0.25, 0.3) is 0 Å². The van der Waals surface area contributed by atoms with Gasteiger partial charge in [-0.1, -0.05) is 0 Å². The number of sulfone groups is 1. The molecule has 6 nitrogen and oxygen atoms in total. The van der Waals surface area contributed by atoms with Crippen LogP contribution < -0.4 is 5.32 Å². The van der Waals surface area contributed by atoms with E-state index in [2.05, 4.69) is 15.3 Å². The highest BCUT2D eigenvalue weighted by Gasteiger charge is 2.36. The highest BCUT2D eigenvalue weighted by atomic mass is 32.2. The zero-order valence-electron chi connectivity index (χ0n) is 9.71. The van der Waals surface area contributed by atoms with Gasteiger partial charge in [0.05, 0.1) is 23.7 Å². The molecule has 0 aromatic carbocycles. The minimum Gasteiger partial charge on any atom is -0.390 e. The van der Waals surface area contributed by atoms with Crippen molar-refractivity contribution in [3.63, 3.8) is 0 Å². The highest BCUT2D eigenvalue weighted by Crippen LogP contribution is 2.18. The zero-order valence-corrected chi connectivity index (χ0v) is 10.5. The lowest BCUT2D eigenvalue weighted by atomic mass is 10.2. The first kappa shape index (κ1) is 12.3. The Hall–Kier alpha value is -1.21. The Bertz CT molecular complexity index is 530. The summed E-state index contributed by atoms with van der Waals surface area (Å²) in [5.41, 5.74) is 0.826. The van der Waals surface area contributed by atoms with Gasteiger partial charge in [-0.15, -0.1) is 0 Å². The van der Waals surface area contributed by atoms with Gasteiger partial charge < -0.3 is 10.4 Å². The first-order valence-corrected chi connectivity index (χ1v) is 7.15. The molecule has 94 valence electrons. The molecule has 0 amide bonds. The summed E-state index contributed by atoms with van der Waals surface area (Å²) >= 11 is 0. The molecular weight excluding hydrogens is 242 g/mol. The van der Waals surface area contributed by atoms with Crippen LogP contribution in [0.5, 0.6) is 0 Å². The number of aliphatic hydroxyl groups is 1. The van der Waals surface area contributed by atoms with Gasteiger partial charge in [0, 0.05) is 11.8 Å². The molecule has 7 heteroatoms. The summed E-state index contributed by atoms with van der Waals surface area (Å²) in [6.07, 6.45) is 0.787. The SMILES string of the molecule is Cc1ncc(C)c(N[C@@H]2CS(=O)(=O)C[C@H]2O)n1. The van der Waals surface area contributed by atoms with Crippen molar-refractivity contribution >= 4 is 15.7 Å². The van der Waals surface area contributed by atoms with Gasteiger partial charge in [-0.3, -0.25) is 0 Å². The number of aryl methyl sites for hydroxylation is 2. The van der Waals surface area contributed by atoms with Crippen LogP contribution in [0.4, 0.5) is 5.82 Å². The second-order valence-electron chi connectivity index (χ2n) is 4.34. The maximum Gasteiger partial charge on any atom is 0.155 e. The van der Waals surface area contributed by atoms with E-state index in [-0.39, 0.29) is 11.5 Å². The van der Waals surface area contributed by atoms with Gasteiger partial charge in [-0.05, 0) is 13.8 Å². The standard InChI is InChI=1S/C10H15N3O3S/c1-6-3-11-7(2)12-10(6)13-8-4-17(15,16)5-9(8)14/h3,8-9,14H,4-5H2,1-2H3,(H,11,12,13)/t8-,9-/m1/s1. The zero-order chi connectivity index (χ0) is 12.6. The van der Waals surface area contributed by atoms with Crippen molar-refractivity contribution in [1.29, 1.82) is 0 Å². The quantitative estimate of drug-likeness (QED) is 0.753. The van der Waals surface area contributed by atoms with E-state index in [1.807, 2.05) is 6.92 Å².